The number of hydrogen-bond donors (Lipinski definition) is 0. The predicted molar refractivity (Wildman–Crippen MR) is 98.9 cm³/mol. The fourth-order valence-corrected chi connectivity index (χ4v) is 3.13. The van der Waals surface area contributed by atoms with E-state index in [0.29, 0.717) is 34.1 Å². The summed E-state index contributed by atoms with van der Waals surface area (Å²) in [5.74, 6) is 1.78. The largest absolute Gasteiger partial charge is 0.490 e. The topological polar surface area (TPSA) is 38.8 Å². The van der Waals surface area contributed by atoms with Crippen LogP contribution in [0.2, 0.25) is 0 Å². The van der Waals surface area contributed by atoms with Crippen LogP contribution in [0.5, 0.6) is 11.5 Å². The molecule has 2 rings (SSSR count). The zero-order valence-electron chi connectivity index (χ0n) is 13.8. The van der Waals surface area contributed by atoms with Crippen LogP contribution < -0.4 is 9.47 Å². The first-order valence-corrected chi connectivity index (χ1v) is 8.76. The third-order valence-electron chi connectivity index (χ3n) is 3.12. The van der Waals surface area contributed by atoms with E-state index in [9.17, 15) is 4.79 Å². The average Bonchev–Trinajstić information content (AvgIpc) is 2.74. The molecule has 0 spiro atoms. The summed E-state index contributed by atoms with van der Waals surface area (Å²) in [6.07, 6.45) is 1.83. The molecule has 0 saturated carbocycles. The van der Waals surface area contributed by atoms with Gasteiger partial charge in [-0.05, 0) is 36.6 Å². The lowest BCUT2D eigenvalue weighted by Gasteiger charge is -2.14. The number of hydrogen-bond acceptors (Lipinski definition) is 5. The zero-order valence-corrected chi connectivity index (χ0v) is 15.4. The molecule has 1 aromatic carbocycles. The van der Waals surface area contributed by atoms with Gasteiger partial charge in [0.2, 0.25) is 0 Å². The maximum absolute atomic E-state index is 12.1. The molecule has 0 atom stereocenters. The van der Waals surface area contributed by atoms with Gasteiger partial charge in [0, 0.05) is 7.05 Å². The molecule has 0 bridgehead atoms. The van der Waals surface area contributed by atoms with Crippen LogP contribution in [0.25, 0.3) is 6.08 Å². The highest BCUT2D eigenvalue weighted by atomic mass is 32.2. The van der Waals surface area contributed by atoms with Crippen molar-refractivity contribution in [3.05, 3.63) is 28.7 Å². The van der Waals surface area contributed by atoms with Gasteiger partial charge in [-0.1, -0.05) is 43.9 Å². The Morgan fingerprint density at radius 3 is 2.61 bits per heavy atom. The SMILES string of the molecule is CCOc1cc(/C=C2/SC(=S)N(C)C2=O)ccc1OCC(C)C. The molecular formula is C17H21NO3S2. The Kier molecular flexibility index (Phi) is 6.07. The number of benzene rings is 1. The number of rotatable bonds is 6. The van der Waals surface area contributed by atoms with E-state index in [4.69, 9.17) is 21.7 Å². The van der Waals surface area contributed by atoms with E-state index in [2.05, 4.69) is 13.8 Å². The number of ether oxygens (including phenoxy) is 2. The molecule has 4 nitrogen and oxygen atoms in total. The van der Waals surface area contributed by atoms with Crippen molar-refractivity contribution in [2.24, 2.45) is 5.92 Å². The van der Waals surface area contributed by atoms with Crippen molar-refractivity contribution in [1.82, 2.24) is 4.90 Å². The molecule has 0 aliphatic carbocycles. The third-order valence-corrected chi connectivity index (χ3v) is 4.61. The van der Waals surface area contributed by atoms with Crippen LogP contribution in [0.1, 0.15) is 26.3 Å². The van der Waals surface area contributed by atoms with Crippen LogP contribution in [0.4, 0.5) is 0 Å². The Balaban J connectivity index is 2.25. The molecule has 0 aromatic heterocycles. The van der Waals surface area contributed by atoms with Crippen molar-refractivity contribution in [1.29, 1.82) is 0 Å². The van der Waals surface area contributed by atoms with Crippen molar-refractivity contribution in [3.63, 3.8) is 0 Å². The van der Waals surface area contributed by atoms with E-state index in [1.54, 1.807) is 7.05 Å². The second-order valence-corrected chi connectivity index (χ2v) is 7.26. The van der Waals surface area contributed by atoms with Gasteiger partial charge in [0.25, 0.3) is 5.91 Å². The molecule has 1 aromatic rings. The summed E-state index contributed by atoms with van der Waals surface area (Å²) in [6.45, 7) is 7.32. The first kappa shape index (κ1) is 17.8. The van der Waals surface area contributed by atoms with Crippen LogP contribution in [0.3, 0.4) is 0 Å². The number of likely N-dealkylation sites (N-methyl/N-ethyl adjacent to an activating group) is 1. The van der Waals surface area contributed by atoms with Gasteiger partial charge in [-0.15, -0.1) is 0 Å². The number of carbonyl (C=O) groups is 1. The lowest BCUT2D eigenvalue weighted by molar-refractivity contribution is -0.121. The lowest BCUT2D eigenvalue weighted by atomic mass is 10.1. The number of nitrogens with zero attached hydrogens (tertiary/aromatic N) is 1. The summed E-state index contributed by atoms with van der Waals surface area (Å²) in [5, 5.41) is 0. The van der Waals surface area contributed by atoms with E-state index in [1.807, 2.05) is 31.2 Å². The zero-order chi connectivity index (χ0) is 17.0. The average molecular weight is 351 g/mol. The first-order chi connectivity index (χ1) is 10.9. The molecule has 23 heavy (non-hydrogen) atoms. The maximum Gasteiger partial charge on any atom is 0.265 e. The quantitative estimate of drug-likeness (QED) is 0.573. The fraction of sp³-hybridized carbons (Fsp3) is 0.412. The Bertz CT molecular complexity index is 641. The standard InChI is InChI=1S/C17H21NO3S2/c1-5-20-14-8-12(6-7-13(14)21-10-11(2)3)9-15-16(19)18(4)17(22)23-15/h6-9,11H,5,10H2,1-4H3/b15-9+. The molecule has 1 amide bonds. The molecule has 0 N–H and O–H groups in total. The van der Waals surface area contributed by atoms with Crippen molar-refractivity contribution in [2.45, 2.75) is 20.8 Å². The summed E-state index contributed by atoms with van der Waals surface area (Å²) in [6, 6.07) is 5.69. The van der Waals surface area contributed by atoms with Crippen molar-refractivity contribution in [2.75, 3.05) is 20.3 Å². The van der Waals surface area contributed by atoms with Crippen LogP contribution >= 0.6 is 24.0 Å². The fourth-order valence-electron chi connectivity index (χ4n) is 1.96. The smallest absolute Gasteiger partial charge is 0.265 e. The first-order valence-electron chi connectivity index (χ1n) is 7.53. The van der Waals surface area contributed by atoms with Gasteiger partial charge in [-0.3, -0.25) is 9.69 Å². The van der Waals surface area contributed by atoms with Gasteiger partial charge in [-0.2, -0.15) is 0 Å². The monoisotopic (exact) mass is 351 g/mol. The van der Waals surface area contributed by atoms with Crippen molar-refractivity contribution in [3.8, 4) is 11.5 Å². The van der Waals surface area contributed by atoms with E-state index in [0.717, 1.165) is 11.3 Å². The van der Waals surface area contributed by atoms with E-state index in [1.165, 1.54) is 16.7 Å². The predicted octanol–water partition coefficient (Wildman–Crippen LogP) is 3.95. The third kappa shape index (κ3) is 4.48. The molecule has 1 heterocycles. The number of carbonyl (C=O) groups excluding carboxylic acids is 1. The Morgan fingerprint density at radius 2 is 2.04 bits per heavy atom. The van der Waals surface area contributed by atoms with Crippen LogP contribution in [0.15, 0.2) is 23.1 Å². The normalized spacial score (nSPS) is 16.6. The van der Waals surface area contributed by atoms with Gasteiger partial charge in [-0.25, -0.2) is 0 Å². The highest BCUT2D eigenvalue weighted by Gasteiger charge is 2.28. The molecular weight excluding hydrogens is 330 g/mol. The molecule has 6 heteroatoms. The minimum Gasteiger partial charge on any atom is -0.490 e. The molecule has 1 saturated heterocycles. The Hall–Kier alpha value is -1.53. The van der Waals surface area contributed by atoms with Crippen molar-refractivity contribution < 1.29 is 14.3 Å². The van der Waals surface area contributed by atoms with Crippen LogP contribution in [-0.4, -0.2) is 35.4 Å². The van der Waals surface area contributed by atoms with Gasteiger partial charge in [0.05, 0.1) is 18.1 Å². The molecule has 0 unspecified atom stereocenters. The minimum absolute atomic E-state index is 0.0712. The number of thiocarbonyl (C=S) groups is 1. The van der Waals surface area contributed by atoms with E-state index < -0.39 is 0 Å². The highest BCUT2D eigenvalue weighted by molar-refractivity contribution is 8.26. The summed E-state index contributed by atoms with van der Waals surface area (Å²) < 4.78 is 12.0. The van der Waals surface area contributed by atoms with Gasteiger partial charge >= 0.3 is 0 Å². The molecule has 124 valence electrons. The van der Waals surface area contributed by atoms with Crippen molar-refractivity contribution >= 4 is 40.3 Å². The molecule has 1 aliphatic rings. The van der Waals surface area contributed by atoms with Gasteiger partial charge in [0.15, 0.2) is 11.5 Å². The summed E-state index contributed by atoms with van der Waals surface area (Å²) >= 11 is 6.45. The Morgan fingerprint density at radius 1 is 1.30 bits per heavy atom. The molecule has 1 fully saturated rings. The summed E-state index contributed by atoms with van der Waals surface area (Å²) in [7, 11) is 1.69. The van der Waals surface area contributed by atoms with Gasteiger partial charge < -0.3 is 9.47 Å². The number of thioether (sulfide) groups is 1. The van der Waals surface area contributed by atoms with E-state index >= 15 is 0 Å². The maximum atomic E-state index is 12.1. The Labute approximate surface area is 146 Å². The number of amides is 1. The highest BCUT2D eigenvalue weighted by Crippen LogP contribution is 2.34. The van der Waals surface area contributed by atoms with Crippen LogP contribution in [0, 0.1) is 5.92 Å². The second-order valence-electron chi connectivity index (χ2n) is 5.58. The van der Waals surface area contributed by atoms with Gasteiger partial charge in [0.1, 0.15) is 4.32 Å². The lowest BCUT2D eigenvalue weighted by Crippen LogP contribution is -2.22. The second kappa shape index (κ2) is 7.84. The van der Waals surface area contributed by atoms with Crippen LogP contribution in [-0.2, 0) is 4.79 Å². The summed E-state index contributed by atoms with van der Waals surface area (Å²) in [4.78, 5) is 14.2. The molecule has 0 radical (unpaired) electrons. The van der Waals surface area contributed by atoms with E-state index in [-0.39, 0.29) is 5.91 Å². The minimum atomic E-state index is -0.0712. The molecule has 1 aliphatic heterocycles. The summed E-state index contributed by atoms with van der Waals surface area (Å²) in [5.41, 5.74) is 0.888.